The van der Waals surface area contributed by atoms with Crippen molar-refractivity contribution < 1.29 is 0 Å². The maximum Gasteiger partial charge on any atom is 0.0697 e. The van der Waals surface area contributed by atoms with Gasteiger partial charge in [-0.3, -0.25) is 0 Å². The summed E-state index contributed by atoms with van der Waals surface area (Å²) in [5, 5.41) is 7.73. The second-order valence-electron chi connectivity index (χ2n) is 4.11. The van der Waals surface area contributed by atoms with Gasteiger partial charge >= 0.3 is 0 Å². The maximum absolute atomic E-state index is 3.94. The molecule has 0 amide bonds. The minimum Gasteiger partial charge on any atom is -0.221 e. The Bertz CT molecular complexity index is 401. The summed E-state index contributed by atoms with van der Waals surface area (Å²) < 4.78 is 1.76. The largest absolute Gasteiger partial charge is 0.221 e. The first kappa shape index (κ1) is 9.90. The predicted octanol–water partition coefficient (Wildman–Crippen LogP) is 2.47. The molecule has 0 atom stereocenters. The van der Waals surface area contributed by atoms with E-state index in [1.807, 2.05) is 6.20 Å². The number of rotatable bonds is 3. The average Bonchev–Trinajstić information content (AvgIpc) is 2.71. The van der Waals surface area contributed by atoms with Crippen molar-refractivity contribution >= 4 is 0 Å². The third-order valence-corrected chi connectivity index (χ3v) is 2.27. The van der Waals surface area contributed by atoms with E-state index < -0.39 is 0 Å². The van der Waals surface area contributed by atoms with Crippen molar-refractivity contribution in [1.82, 2.24) is 15.0 Å². The van der Waals surface area contributed by atoms with Gasteiger partial charge in [0.1, 0.15) is 0 Å². The number of hydrogen-bond donors (Lipinski definition) is 0. The summed E-state index contributed by atoms with van der Waals surface area (Å²) >= 11 is 0. The fourth-order valence-corrected chi connectivity index (χ4v) is 1.60. The molecule has 1 heterocycles. The number of nitrogens with zero attached hydrogens (tertiary/aromatic N) is 3. The first-order valence-electron chi connectivity index (χ1n) is 5.21. The molecular weight excluding hydrogens is 186 g/mol. The van der Waals surface area contributed by atoms with Gasteiger partial charge in [0, 0.05) is 0 Å². The lowest BCUT2D eigenvalue weighted by molar-refractivity contribution is 0.647. The smallest absolute Gasteiger partial charge is 0.0697 e. The van der Waals surface area contributed by atoms with Crippen LogP contribution in [0.2, 0.25) is 0 Å². The fourth-order valence-electron chi connectivity index (χ4n) is 1.60. The SMILES string of the molecule is CC(C)Cc1ccc(-n2ccnn2)cc1. The molecule has 0 radical (unpaired) electrons. The van der Waals surface area contributed by atoms with Gasteiger partial charge in [0.25, 0.3) is 0 Å². The van der Waals surface area contributed by atoms with Crippen molar-refractivity contribution in [3.8, 4) is 5.69 Å². The quantitative estimate of drug-likeness (QED) is 0.763. The molecule has 0 saturated carbocycles. The van der Waals surface area contributed by atoms with E-state index in [-0.39, 0.29) is 0 Å². The Kier molecular flexibility index (Phi) is 2.81. The van der Waals surface area contributed by atoms with Crippen LogP contribution in [0.1, 0.15) is 19.4 Å². The Morgan fingerprint density at radius 2 is 1.93 bits per heavy atom. The molecule has 2 aromatic rings. The molecular formula is C12H15N3. The van der Waals surface area contributed by atoms with Gasteiger partial charge in [-0.25, -0.2) is 4.68 Å². The van der Waals surface area contributed by atoms with Gasteiger partial charge in [0.2, 0.25) is 0 Å². The van der Waals surface area contributed by atoms with Crippen molar-refractivity contribution in [1.29, 1.82) is 0 Å². The standard InChI is InChI=1S/C12H15N3/c1-10(2)9-11-3-5-12(6-4-11)15-8-7-13-14-15/h3-8,10H,9H2,1-2H3. The Morgan fingerprint density at radius 1 is 1.20 bits per heavy atom. The molecule has 0 unspecified atom stereocenters. The van der Waals surface area contributed by atoms with Crippen molar-refractivity contribution in [3.63, 3.8) is 0 Å². The number of hydrogen-bond acceptors (Lipinski definition) is 2. The summed E-state index contributed by atoms with van der Waals surface area (Å²) in [5.41, 5.74) is 2.42. The Labute approximate surface area is 89.7 Å². The van der Waals surface area contributed by atoms with Gasteiger partial charge < -0.3 is 0 Å². The topological polar surface area (TPSA) is 30.7 Å². The van der Waals surface area contributed by atoms with E-state index in [0.717, 1.165) is 12.1 Å². The lowest BCUT2D eigenvalue weighted by Gasteiger charge is -2.05. The van der Waals surface area contributed by atoms with Crippen LogP contribution in [0.4, 0.5) is 0 Å². The molecule has 0 N–H and O–H groups in total. The third-order valence-electron chi connectivity index (χ3n) is 2.27. The van der Waals surface area contributed by atoms with E-state index in [4.69, 9.17) is 0 Å². The highest BCUT2D eigenvalue weighted by atomic mass is 15.4. The second kappa shape index (κ2) is 4.26. The van der Waals surface area contributed by atoms with Crippen LogP contribution in [-0.4, -0.2) is 15.0 Å². The molecule has 15 heavy (non-hydrogen) atoms. The minimum absolute atomic E-state index is 0.697. The lowest BCUT2D eigenvalue weighted by Crippen LogP contribution is -1.97. The van der Waals surface area contributed by atoms with Gasteiger partial charge in [0.05, 0.1) is 18.1 Å². The Hall–Kier alpha value is -1.64. The van der Waals surface area contributed by atoms with Crippen LogP contribution in [0.5, 0.6) is 0 Å². The van der Waals surface area contributed by atoms with Gasteiger partial charge in [-0.15, -0.1) is 5.10 Å². The molecule has 0 bridgehead atoms. The second-order valence-corrected chi connectivity index (χ2v) is 4.11. The van der Waals surface area contributed by atoms with E-state index in [9.17, 15) is 0 Å². The van der Waals surface area contributed by atoms with E-state index in [1.54, 1.807) is 10.9 Å². The summed E-state index contributed by atoms with van der Waals surface area (Å²) in [6, 6.07) is 8.45. The van der Waals surface area contributed by atoms with Gasteiger partial charge in [-0.05, 0) is 30.0 Å². The molecule has 3 nitrogen and oxygen atoms in total. The predicted molar refractivity (Wildman–Crippen MR) is 59.9 cm³/mol. The van der Waals surface area contributed by atoms with Gasteiger partial charge in [-0.2, -0.15) is 0 Å². The molecule has 0 aliphatic carbocycles. The van der Waals surface area contributed by atoms with E-state index in [0.29, 0.717) is 5.92 Å². The minimum atomic E-state index is 0.697. The third kappa shape index (κ3) is 2.43. The lowest BCUT2D eigenvalue weighted by atomic mass is 10.0. The molecule has 0 saturated heterocycles. The molecule has 3 heteroatoms. The Morgan fingerprint density at radius 3 is 2.47 bits per heavy atom. The fraction of sp³-hybridized carbons (Fsp3) is 0.333. The summed E-state index contributed by atoms with van der Waals surface area (Å²) in [6.07, 6.45) is 4.65. The summed E-state index contributed by atoms with van der Waals surface area (Å²) in [5.74, 6) is 0.697. The number of aromatic nitrogens is 3. The highest BCUT2D eigenvalue weighted by molar-refractivity contribution is 5.33. The van der Waals surface area contributed by atoms with Crippen LogP contribution >= 0.6 is 0 Å². The van der Waals surface area contributed by atoms with Crippen molar-refractivity contribution in [2.24, 2.45) is 5.92 Å². The molecule has 0 spiro atoms. The number of benzene rings is 1. The highest BCUT2D eigenvalue weighted by Gasteiger charge is 1.99. The van der Waals surface area contributed by atoms with E-state index in [2.05, 4.69) is 48.4 Å². The van der Waals surface area contributed by atoms with Crippen molar-refractivity contribution in [3.05, 3.63) is 42.2 Å². The van der Waals surface area contributed by atoms with Gasteiger partial charge in [-0.1, -0.05) is 31.2 Å². The maximum atomic E-state index is 3.94. The Balaban J connectivity index is 2.17. The molecule has 0 aliphatic heterocycles. The monoisotopic (exact) mass is 201 g/mol. The van der Waals surface area contributed by atoms with Crippen molar-refractivity contribution in [2.45, 2.75) is 20.3 Å². The summed E-state index contributed by atoms with van der Waals surface area (Å²) in [6.45, 7) is 4.46. The van der Waals surface area contributed by atoms with Crippen LogP contribution in [0.25, 0.3) is 5.69 Å². The normalized spacial score (nSPS) is 10.9. The van der Waals surface area contributed by atoms with Gasteiger partial charge in [0.15, 0.2) is 0 Å². The molecule has 0 fully saturated rings. The molecule has 1 aromatic carbocycles. The summed E-state index contributed by atoms with van der Waals surface area (Å²) in [7, 11) is 0. The van der Waals surface area contributed by atoms with Crippen LogP contribution in [0.15, 0.2) is 36.7 Å². The first-order chi connectivity index (χ1) is 7.25. The molecule has 0 aliphatic rings. The molecule has 2 rings (SSSR count). The molecule has 78 valence electrons. The summed E-state index contributed by atoms with van der Waals surface area (Å²) in [4.78, 5) is 0. The zero-order valence-corrected chi connectivity index (χ0v) is 9.09. The van der Waals surface area contributed by atoms with Crippen LogP contribution < -0.4 is 0 Å². The van der Waals surface area contributed by atoms with Crippen molar-refractivity contribution in [2.75, 3.05) is 0 Å². The average molecular weight is 201 g/mol. The van der Waals surface area contributed by atoms with Crippen LogP contribution in [-0.2, 0) is 6.42 Å². The van der Waals surface area contributed by atoms with Crippen LogP contribution in [0, 0.1) is 5.92 Å². The first-order valence-corrected chi connectivity index (χ1v) is 5.21. The zero-order valence-electron chi connectivity index (χ0n) is 9.09. The van der Waals surface area contributed by atoms with E-state index >= 15 is 0 Å². The van der Waals surface area contributed by atoms with Crippen LogP contribution in [0.3, 0.4) is 0 Å². The molecule has 1 aromatic heterocycles. The highest BCUT2D eigenvalue weighted by Crippen LogP contribution is 2.11. The van der Waals surface area contributed by atoms with E-state index in [1.165, 1.54) is 5.56 Å². The zero-order chi connectivity index (χ0) is 10.7.